The Morgan fingerprint density at radius 3 is 1.30 bits per heavy atom. The van der Waals surface area contributed by atoms with Crippen LogP contribution in [0.15, 0.2) is 0 Å². The van der Waals surface area contributed by atoms with E-state index in [1.165, 1.54) is 64.5 Å². The number of hydrogen-bond donors (Lipinski definition) is 0. The summed E-state index contributed by atoms with van der Waals surface area (Å²) >= 11 is 0. The Bertz CT molecular complexity index is 190. The van der Waals surface area contributed by atoms with Crippen molar-refractivity contribution in [2.24, 2.45) is 5.41 Å². The molecule has 1 unspecified atom stereocenters. The monoisotopic (exact) mass is 329 g/mol. The van der Waals surface area contributed by atoms with Crippen LogP contribution in [0.1, 0.15) is 121 Å². The second-order valence-electron chi connectivity index (χ2n) is 7.15. The minimum absolute atomic E-state index is 0.792. The standard InChI is InChI=1S/C10H23N.C6H12.2C3H8/c1-5-9-10(6-2)11(7-3)8-4;1-3-6(2)4-5-6;2*1-3-2/h10H,5-9H2,1-4H3;3-5H2,1-2H3;2*3H2,1-2H3. The Labute approximate surface area is 150 Å². The molecule has 0 heterocycles. The summed E-state index contributed by atoms with van der Waals surface area (Å²) in [7, 11) is 0. The molecule has 1 heteroatoms. The quantitative estimate of drug-likeness (QED) is 0.458. The van der Waals surface area contributed by atoms with Gasteiger partial charge in [0.1, 0.15) is 0 Å². The minimum atomic E-state index is 0.792. The molecule has 0 aromatic rings. The molecule has 0 saturated heterocycles. The first-order chi connectivity index (χ1) is 10.9. The third-order valence-corrected chi connectivity index (χ3v) is 4.38. The fraction of sp³-hybridized carbons (Fsp3) is 1.00. The highest BCUT2D eigenvalue weighted by atomic mass is 15.1. The highest BCUT2D eigenvalue weighted by Crippen LogP contribution is 2.47. The van der Waals surface area contributed by atoms with Gasteiger partial charge in [0.2, 0.25) is 0 Å². The van der Waals surface area contributed by atoms with Crippen LogP contribution in [0.2, 0.25) is 0 Å². The first kappa shape index (κ1) is 27.8. The second-order valence-corrected chi connectivity index (χ2v) is 7.15. The molecule has 0 N–H and O–H groups in total. The maximum atomic E-state index is 2.56. The van der Waals surface area contributed by atoms with Crippen LogP contribution < -0.4 is 0 Å². The molecule has 0 radical (unpaired) electrons. The van der Waals surface area contributed by atoms with Gasteiger partial charge in [-0.15, -0.1) is 0 Å². The van der Waals surface area contributed by atoms with Crippen molar-refractivity contribution >= 4 is 0 Å². The summed E-state index contributed by atoms with van der Waals surface area (Å²) in [6.45, 7) is 24.6. The fourth-order valence-corrected chi connectivity index (χ4v) is 2.29. The number of rotatable bonds is 7. The molecular weight excluding hydrogens is 278 g/mol. The van der Waals surface area contributed by atoms with Crippen molar-refractivity contribution in [1.82, 2.24) is 4.90 Å². The first-order valence-corrected chi connectivity index (χ1v) is 10.6. The molecule has 23 heavy (non-hydrogen) atoms. The highest BCUT2D eigenvalue weighted by molar-refractivity contribution is 4.86. The molecule has 1 aliphatic rings. The zero-order valence-corrected chi connectivity index (χ0v) is 18.6. The first-order valence-electron chi connectivity index (χ1n) is 10.6. The van der Waals surface area contributed by atoms with Gasteiger partial charge in [-0.1, -0.05) is 94.9 Å². The van der Waals surface area contributed by atoms with Gasteiger partial charge in [0.25, 0.3) is 0 Å². The lowest BCUT2D eigenvalue weighted by Gasteiger charge is -2.28. The van der Waals surface area contributed by atoms with Crippen molar-refractivity contribution in [3.05, 3.63) is 0 Å². The average Bonchev–Trinajstić information content (AvgIpc) is 3.28. The van der Waals surface area contributed by atoms with E-state index in [9.17, 15) is 0 Å². The molecule has 1 aliphatic carbocycles. The Kier molecular flexibility index (Phi) is 24.2. The summed E-state index contributed by atoms with van der Waals surface area (Å²) in [4.78, 5) is 2.56. The van der Waals surface area contributed by atoms with E-state index < -0.39 is 0 Å². The summed E-state index contributed by atoms with van der Waals surface area (Å²) in [5.41, 5.74) is 0.792. The molecule has 1 saturated carbocycles. The summed E-state index contributed by atoms with van der Waals surface area (Å²) in [5.74, 6) is 0. The predicted molar refractivity (Wildman–Crippen MR) is 111 cm³/mol. The van der Waals surface area contributed by atoms with Crippen LogP contribution in [-0.4, -0.2) is 24.0 Å². The summed E-state index contributed by atoms with van der Waals surface area (Å²) < 4.78 is 0. The third-order valence-electron chi connectivity index (χ3n) is 4.38. The number of nitrogens with zero attached hydrogens (tertiary/aromatic N) is 1. The van der Waals surface area contributed by atoms with E-state index in [1.54, 1.807) is 0 Å². The molecule has 0 amide bonds. The van der Waals surface area contributed by atoms with Gasteiger partial charge < -0.3 is 4.90 Å². The molecule has 0 bridgehead atoms. The Hall–Kier alpha value is -0.0400. The second kappa shape index (κ2) is 20.0. The maximum Gasteiger partial charge on any atom is 0.00922 e. The maximum absolute atomic E-state index is 2.56. The molecule has 1 atom stereocenters. The third kappa shape index (κ3) is 19.9. The van der Waals surface area contributed by atoms with Crippen molar-refractivity contribution in [2.45, 2.75) is 127 Å². The molecule has 1 rings (SSSR count). The van der Waals surface area contributed by atoms with E-state index in [2.05, 4.69) is 74.1 Å². The normalized spacial score (nSPS) is 15.3. The van der Waals surface area contributed by atoms with Crippen molar-refractivity contribution in [3.8, 4) is 0 Å². The van der Waals surface area contributed by atoms with E-state index in [4.69, 9.17) is 0 Å². The highest BCUT2D eigenvalue weighted by Gasteiger charge is 2.34. The van der Waals surface area contributed by atoms with Crippen molar-refractivity contribution in [3.63, 3.8) is 0 Å². The van der Waals surface area contributed by atoms with Crippen LogP contribution in [0.3, 0.4) is 0 Å². The SMILES string of the molecule is CCC.CCC.CCC1(C)CC1.CCCC(CC)N(CC)CC. The van der Waals surface area contributed by atoms with Crippen molar-refractivity contribution < 1.29 is 0 Å². The van der Waals surface area contributed by atoms with Crippen LogP contribution in [0.5, 0.6) is 0 Å². The summed E-state index contributed by atoms with van der Waals surface area (Å²) in [6.07, 6.45) is 10.8. The molecule has 1 nitrogen and oxygen atoms in total. The molecule has 0 aromatic carbocycles. The smallest absolute Gasteiger partial charge is 0.00922 e. The van der Waals surface area contributed by atoms with E-state index in [1.807, 2.05) is 0 Å². The van der Waals surface area contributed by atoms with E-state index in [-0.39, 0.29) is 0 Å². The van der Waals surface area contributed by atoms with E-state index >= 15 is 0 Å². The summed E-state index contributed by atoms with van der Waals surface area (Å²) in [5, 5.41) is 0. The molecule has 0 aromatic heterocycles. The molecule has 0 aliphatic heterocycles. The average molecular weight is 330 g/mol. The van der Waals surface area contributed by atoms with Gasteiger partial charge in [0, 0.05) is 6.04 Å². The van der Waals surface area contributed by atoms with Crippen LogP contribution in [-0.2, 0) is 0 Å². The van der Waals surface area contributed by atoms with Crippen molar-refractivity contribution in [2.75, 3.05) is 13.1 Å². The zero-order chi connectivity index (χ0) is 18.7. The van der Waals surface area contributed by atoms with Gasteiger partial charge >= 0.3 is 0 Å². The minimum Gasteiger partial charge on any atom is -0.301 e. The van der Waals surface area contributed by atoms with Crippen molar-refractivity contribution in [1.29, 1.82) is 0 Å². The van der Waals surface area contributed by atoms with Gasteiger partial charge in [-0.3, -0.25) is 0 Å². The molecule has 144 valence electrons. The molecular formula is C22H51N. The number of hydrogen-bond acceptors (Lipinski definition) is 1. The van der Waals surface area contributed by atoms with Gasteiger partial charge in [-0.2, -0.15) is 0 Å². The largest absolute Gasteiger partial charge is 0.301 e. The lowest BCUT2D eigenvalue weighted by Crippen LogP contribution is -2.34. The van der Waals surface area contributed by atoms with Gasteiger partial charge in [-0.05, 0) is 44.2 Å². The van der Waals surface area contributed by atoms with Gasteiger partial charge in [-0.25, -0.2) is 0 Å². The predicted octanol–water partition coefficient (Wildman–Crippen LogP) is 7.94. The molecule has 1 fully saturated rings. The Morgan fingerprint density at radius 2 is 1.17 bits per heavy atom. The van der Waals surface area contributed by atoms with Crippen LogP contribution in [0.25, 0.3) is 0 Å². The van der Waals surface area contributed by atoms with Crippen LogP contribution >= 0.6 is 0 Å². The zero-order valence-electron chi connectivity index (χ0n) is 18.6. The Balaban J connectivity index is -0.000000277. The Morgan fingerprint density at radius 1 is 0.783 bits per heavy atom. The summed E-state index contributed by atoms with van der Waals surface area (Å²) in [6, 6.07) is 0.829. The van der Waals surface area contributed by atoms with Gasteiger partial charge in [0.15, 0.2) is 0 Å². The topological polar surface area (TPSA) is 3.24 Å². The van der Waals surface area contributed by atoms with Crippen LogP contribution in [0.4, 0.5) is 0 Å². The fourth-order valence-electron chi connectivity index (χ4n) is 2.29. The molecule has 0 spiro atoms. The van der Waals surface area contributed by atoms with E-state index in [0.717, 1.165) is 11.5 Å². The lowest BCUT2D eigenvalue weighted by atomic mass is 10.1. The van der Waals surface area contributed by atoms with E-state index in [0.29, 0.717) is 0 Å². The lowest BCUT2D eigenvalue weighted by molar-refractivity contribution is 0.199. The van der Waals surface area contributed by atoms with Gasteiger partial charge in [0.05, 0.1) is 0 Å². The van der Waals surface area contributed by atoms with Crippen LogP contribution in [0, 0.1) is 5.41 Å².